The molecule has 120 valence electrons. The van der Waals surface area contributed by atoms with Gasteiger partial charge in [-0.3, -0.25) is 0 Å². The maximum Gasteiger partial charge on any atom is 0.119 e. The summed E-state index contributed by atoms with van der Waals surface area (Å²) in [4.78, 5) is 0. The van der Waals surface area contributed by atoms with E-state index < -0.39 is 12.2 Å². The van der Waals surface area contributed by atoms with Gasteiger partial charge < -0.3 is 14.9 Å². The molecule has 1 aromatic rings. The highest BCUT2D eigenvalue weighted by molar-refractivity contribution is 5.43. The van der Waals surface area contributed by atoms with E-state index in [1.165, 1.54) is 16.7 Å². The first-order valence-corrected chi connectivity index (χ1v) is 8.00. The molecule has 1 aromatic carbocycles. The van der Waals surface area contributed by atoms with Gasteiger partial charge in [-0.25, -0.2) is 0 Å². The standard InChI is InChI=1S/C18H30O3/c1-6-8-21-15-9-12(3)18(13(4)10-15)14(5)11-17(20)16(19)7-2/h9-10,14,16-17,19-20H,6-8,11H2,1-5H3. The molecule has 0 aliphatic heterocycles. The van der Waals surface area contributed by atoms with Crippen molar-refractivity contribution in [2.24, 2.45) is 0 Å². The molecule has 0 heterocycles. The molecule has 3 nitrogen and oxygen atoms in total. The predicted octanol–water partition coefficient (Wildman–Crippen LogP) is 3.72. The van der Waals surface area contributed by atoms with E-state index in [0.717, 1.165) is 18.8 Å². The summed E-state index contributed by atoms with van der Waals surface area (Å²) < 4.78 is 5.70. The minimum atomic E-state index is -0.667. The van der Waals surface area contributed by atoms with Crippen LogP contribution in [0.3, 0.4) is 0 Å². The van der Waals surface area contributed by atoms with Crippen LogP contribution in [0.15, 0.2) is 12.1 Å². The minimum absolute atomic E-state index is 0.210. The number of aliphatic hydroxyl groups is 2. The third kappa shape index (κ3) is 5.01. The fraction of sp³-hybridized carbons (Fsp3) is 0.667. The molecule has 0 bridgehead atoms. The Morgan fingerprint density at radius 3 is 2.10 bits per heavy atom. The van der Waals surface area contributed by atoms with E-state index in [-0.39, 0.29) is 5.92 Å². The van der Waals surface area contributed by atoms with Crippen LogP contribution >= 0.6 is 0 Å². The second-order valence-corrected chi connectivity index (χ2v) is 6.00. The molecule has 3 heteroatoms. The summed E-state index contributed by atoms with van der Waals surface area (Å²) >= 11 is 0. The molecule has 0 amide bonds. The maximum absolute atomic E-state index is 10.0. The Balaban J connectivity index is 2.87. The van der Waals surface area contributed by atoms with Crippen LogP contribution in [0.1, 0.15) is 62.6 Å². The highest BCUT2D eigenvalue weighted by Crippen LogP contribution is 2.31. The van der Waals surface area contributed by atoms with Crippen molar-refractivity contribution in [3.05, 3.63) is 28.8 Å². The molecule has 0 aromatic heterocycles. The zero-order chi connectivity index (χ0) is 16.0. The van der Waals surface area contributed by atoms with Crippen LogP contribution in [0, 0.1) is 13.8 Å². The SMILES string of the molecule is CCCOc1cc(C)c(C(C)CC(O)C(O)CC)c(C)c1. The van der Waals surface area contributed by atoms with Gasteiger partial charge in [0, 0.05) is 0 Å². The van der Waals surface area contributed by atoms with Crippen molar-refractivity contribution < 1.29 is 14.9 Å². The fourth-order valence-corrected chi connectivity index (χ4v) is 2.92. The second-order valence-electron chi connectivity index (χ2n) is 6.00. The highest BCUT2D eigenvalue weighted by atomic mass is 16.5. The molecule has 0 saturated carbocycles. The topological polar surface area (TPSA) is 49.7 Å². The molecule has 3 atom stereocenters. The van der Waals surface area contributed by atoms with Gasteiger partial charge >= 0.3 is 0 Å². The quantitative estimate of drug-likeness (QED) is 0.768. The van der Waals surface area contributed by atoms with Crippen molar-refractivity contribution in [3.8, 4) is 5.75 Å². The molecule has 0 aliphatic carbocycles. The van der Waals surface area contributed by atoms with E-state index >= 15 is 0 Å². The largest absolute Gasteiger partial charge is 0.494 e. The van der Waals surface area contributed by atoms with Crippen LogP contribution in [-0.4, -0.2) is 29.0 Å². The summed E-state index contributed by atoms with van der Waals surface area (Å²) in [5, 5.41) is 19.8. The summed E-state index contributed by atoms with van der Waals surface area (Å²) in [6.45, 7) is 11.0. The molecular weight excluding hydrogens is 264 g/mol. The van der Waals surface area contributed by atoms with Crippen molar-refractivity contribution in [3.63, 3.8) is 0 Å². The smallest absolute Gasteiger partial charge is 0.119 e. The molecule has 0 spiro atoms. The van der Waals surface area contributed by atoms with E-state index in [1.807, 2.05) is 6.92 Å². The van der Waals surface area contributed by atoms with E-state index in [9.17, 15) is 10.2 Å². The Labute approximate surface area is 129 Å². The Bertz CT molecular complexity index is 419. The third-order valence-electron chi connectivity index (χ3n) is 3.99. The lowest BCUT2D eigenvalue weighted by atomic mass is 9.87. The minimum Gasteiger partial charge on any atom is -0.494 e. The normalized spacial score (nSPS) is 15.6. The van der Waals surface area contributed by atoms with Gasteiger partial charge in [0.05, 0.1) is 18.8 Å². The monoisotopic (exact) mass is 294 g/mol. The molecule has 2 N–H and O–H groups in total. The summed E-state index contributed by atoms with van der Waals surface area (Å²) in [6, 6.07) is 4.13. The predicted molar refractivity (Wildman–Crippen MR) is 87.0 cm³/mol. The first-order valence-electron chi connectivity index (χ1n) is 8.00. The number of rotatable bonds is 8. The van der Waals surface area contributed by atoms with Crippen LogP contribution in [-0.2, 0) is 0 Å². The molecule has 0 radical (unpaired) electrons. The van der Waals surface area contributed by atoms with Gasteiger partial charge in [-0.15, -0.1) is 0 Å². The number of hydrogen-bond donors (Lipinski definition) is 2. The van der Waals surface area contributed by atoms with Gasteiger partial charge in [0.25, 0.3) is 0 Å². The first-order chi connectivity index (χ1) is 9.90. The Kier molecular flexibility index (Phi) is 7.20. The number of aryl methyl sites for hydroxylation is 2. The van der Waals surface area contributed by atoms with Crippen molar-refractivity contribution in [1.29, 1.82) is 0 Å². The maximum atomic E-state index is 10.0. The Morgan fingerprint density at radius 2 is 1.62 bits per heavy atom. The fourth-order valence-electron chi connectivity index (χ4n) is 2.92. The van der Waals surface area contributed by atoms with Crippen molar-refractivity contribution >= 4 is 0 Å². The first kappa shape index (κ1) is 18.0. The number of benzene rings is 1. The third-order valence-corrected chi connectivity index (χ3v) is 3.99. The summed E-state index contributed by atoms with van der Waals surface area (Å²) in [6.07, 6.45) is 0.846. The van der Waals surface area contributed by atoms with Crippen molar-refractivity contribution in [1.82, 2.24) is 0 Å². The molecule has 0 fully saturated rings. The molecule has 21 heavy (non-hydrogen) atoms. The molecule has 3 unspecified atom stereocenters. The van der Waals surface area contributed by atoms with Gasteiger partial charge in [0.15, 0.2) is 0 Å². The molecule has 0 aliphatic rings. The number of ether oxygens (including phenoxy) is 1. The average molecular weight is 294 g/mol. The van der Waals surface area contributed by atoms with Gasteiger partial charge in [-0.05, 0) is 67.9 Å². The van der Waals surface area contributed by atoms with E-state index in [4.69, 9.17) is 4.74 Å². The van der Waals surface area contributed by atoms with Crippen LogP contribution in [0.4, 0.5) is 0 Å². The zero-order valence-corrected chi connectivity index (χ0v) is 14.0. The number of hydrogen-bond acceptors (Lipinski definition) is 3. The molecular formula is C18H30O3. The van der Waals surface area contributed by atoms with E-state index in [1.54, 1.807) is 0 Å². The van der Waals surface area contributed by atoms with Crippen LogP contribution in [0.25, 0.3) is 0 Å². The van der Waals surface area contributed by atoms with Crippen LogP contribution in [0.5, 0.6) is 5.75 Å². The van der Waals surface area contributed by atoms with Gasteiger partial charge in [0.1, 0.15) is 5.75 Å². The van der Waals surface area contributed by atoms with E-state index in [0.29, 0.717) is 12.8 Å². The summed E-state index contributed by atoms with van der Waals surface area (Å²) in [5.74, 6) is 1.12. The van der Waals surface area contributed by atoms with Crippen molar-refractivity contribution in [2.45, 2.75) is 72.0 Å². The van der Waals surface area contributed by atoms with Crippen LogP contribution in [0.2, 0.25) is 0 Å². The highest BCUT2D eigenvalue weighted by Gasteiger charge is 2.21. The lowest BCUT2D eigenvalue weighted by molar-refractivity contribution is 0.00948. The zero-order valence-electron chi connectivity index (χ0n) is 14.0. The molecule has 1 rings (SSSR count). The lowest BCUT2D eigenvalue weighted by Gasteiger charge is -2.23. The van der Waals surface area contributed by atoms with Gasteiger partial charge in [0.2, 0.25) is 0 Å². The van der Waals surface area contributed by atoms with Gasteiger partial charge in [-0.2, -0.15) is 0 Å². The van der Waals surface area contributed by atoms with Gasteiger partial charge in [-0.1, -0.05) is 20.8 Å². The van der Waals surface area contributed by atoms with Crippen molar-refractivity contribution in [2.75, 3.05) is 6.61 Å². The summed E-state index contributed by atoms with van der Waals surface area (Å²) in [7, 11) is 0. The molecule has 0 saturated heterocycles. The summed E-state index contributed by atoms with van der Waals surface area (Å²) in [5.41, 5.74) is 3.62. The second kappa shape index (κ2) is 8.40. The Morgan fingerprint density at radius 1 is 1.05 bits per heavy atom. The van der Waals surface area contributed by atoms with E-state index in [2.05, 4.69) is 39.8 Å². The van der Waals surface area contributed by atoms with Crippen LogP contribution < -0.4 is 4.74 Å². The lowest BCUT2D eigenvalue weighted by Crippen LogP contribution is -2.26. The number of aliphatic hydroxyl groups excluding tert-OH is 2. The average Bonchev–Trinajstić information content (AvgIpc) is 2.43. The Hall–Kier alpha value is -1.06.